The first-order valence-corrected chi connectivity index (χ1v) is 10.2. The lowest BCUT2D eigenvalue weighted by molar-refractivity contribution is 0.346. The molecule has 4 rings (SSSR count). The second kappa shape index (κ2) is 7.47. The molecule has 2 heterocycles. The molecule has 3 aromatic rings. The Labute approximate surface area is 167 Å². The van der Waals surface area contributed by atoms with Crippen molar-refractivity contribution in [1.29, 1.82) is 0 Å². The molecule has 11 heteroatoms. The Bertz CT molecular complexity index is 1230. The average molecular weight is 444 g/mol. The van der Waals surface area contributed by atoms with Gasteiger partial charge >= 0.3 is 10.1 Å². The van der Waals surface area contributed by atoms with Gasteiger partial charge in [-0.2, -0.15) is 17.2 Å². The predicted molar refractivity (Wildman–Crippen MR) is 95.8 cm³/mol. The van der Waals surface area contributed by atoms with Gasteiger partial charge in [-0.15, -0.1) is 0 Å². The molecule has 1 atom stereocenters. The Balaban J connectivity index is 1.75. The molecule has 0 bridgehead atoms. The number of halogens is 5. The zero-order valence-corrected chi connectivity index (χ0v) is 15.9. The third-order valence-corrected chi connectivity index (χ3v) is 6.03. The third-order valence-electron chi connectivity index (χ3n) is 4.81. The van der Waals surface area contributed by atoms with E-state index < -0.39 is 49.8 Å². The predicted octanol–water partition coefficient (Wildman–Crippen LogP) is 4.12. The molecule has 1 aromatic heterocycles. The molecule has 0 saturated carbocycles. The number of pyridine rings is 1. The van der Waals surface area contributed by atoms with E-state index in [4.69, 9.17) is 0 Å². The SMILES string of the molecule is O=S(=O)(Oc1c(F)c(F)c(F)c(F)c1F)c1ccc2c(C3CCCN3)nccc2c1. The first kappa shape index (κ1) is 20.5. The van der Waals surface area contributed by atoms with E-state index in [0.717, 1.165) is 31.1 Å². The second-order valence-electron chi connectivity index (χ2n) is 6.66. The second-order valence-corrected chi connectivity index (χ2v) is 8.21. The largest absolute Gasteiger partial charge is 0.372 e. The zero-order chi connectivity index (χ0) is 21.6. The van der Waals surface area contributed by atoms with E-state index in [9.17, 15) is 30.4 Å². The highest BCUT2D eigenvalue weighted by Crippen LogP contribution is 2.33. The maximum absolute atomic E-state index is 13.8. The first-order chi connectivity index (χ1) is 14.2. The van der Waals surface area contributed by atoms with Crippen LogP contribution in [-0.4, -0.2) is 19.9 Å². The van der Waals surface area contributed by atoms with Gasteiger partial charge in [0.25, 0.3) is 0 Å². The number of hydrogen-bond acceptors (Lipinski definition) is 5. The molecule has 2 aromatic carbocycles. The molecule has 1 N–H and O–H groups in total. The Morgan fingerprint density at radius 2 is 1.63 bits per heavy atom. The standard InChI is InChI=1S/C19H13F5N2O3S/c20-13-14(21)16(23)19(17(24)15(13)22)29-30(27,28)10-3-4-11-9(8-10)5-7-26-18(11)12-2-1-6-25-12/h3-5,7-8,12,25H,1-2,6H2. The molecule has 1 aliphatic heterocycles. The van der Waals surface area contributed by atoms with E-state index in [1.807, 2.05) is 0 Å². The number of aromatic nitrogens is 1. The van der Waals surface area contributed by atoms with Crippen LogP contribution in [-0.2, 0) is 10.1 Å². The van der Waals surface area contributed by atoms with Crippen molar-refractivity contribution in [2.24, 2.45) is 0 Å². The van der Waals surface area contributed by atoms with E-state index in [0.29, 0.717) is 10.8 Å². The van der Waals surface area contributed by atoms with E-state index in [1.54, 1.807) is 0 Å². The third kappa shape index (κ3) is 3.37. The Morgan fingerprint density at radius 3 is 2.27 bits per heavy atom. The van der Waals surface area contributed by atoms with Crippen LogP contribution >= 0.6 is 0 Å². The summed E-state index contributed by atoms with van der Waals surface area (Å²) < 4.78 is 96.7. The minimum atomic E-state index is -4.90. The van der Waals surface area contributed by atoms with E-state index in [1.165, 1.54) is 24.4 Å². The van der Waals surface area contributed by atoms with Crippen molar-refractivity contribution < 1.29 is 34.6 Å². The molecular weight excluding hydrogens is 431 g/mol. The molecule has 1 unspecified atom stereocenters. The fraction of sp³-hybridized carbons (Fsp3) is 0.211. The molecule has 30 heavy (non-hydrogen) atoms. The fourth-order valence-electron chi connectivity index (χ4n) is 3.35. The Morgan fingerprint density at radius 1 is 0.967 bits per heavy atom. The van der Waals surface area contributed by atoms with Gasteiger partial charge in [0.15, 0.2) is 0 Å². The van der Waals surface area contributed by atoms with Crippen molar-refractivity contribution in [3.63, 3.8) is 0 Å². The van der Waals surface area contributed by atoms with Crippen LogP contribution in [0.3, 0.4) is 0 Å². The van der Waals surface area contributed by atoms with Crippen LogP contribution in [0.1, 0.15) is 24.6 Å². The van der Waals surface area contributed by atoms with Gasteiger partial charge in [0, 0.05) is 11.6 Å². The molecule has 0 spiro atoms. The monoisotopic (exact) mass is 444 g/mol. The lowest BCUT2D eigenvalue weighted by Crippen LogP contribution is -2.15. The highest BCUT2D eigenvalue weighted by atomic mass is 32.2. The van der Waals surface area contributed by atoms with Crippen molar-refractivity contribution in [3.8, 4) is 5.75 Å². The van der Waals surface area contributed by atoms with Crippen LogP contribution in [0.5, 0.6) is 5.75 Å². The van der Waals surface area contributed by atoms with E-state index in [-0.39, 0.29) is 6.04 Å². The van der Waals surface area contributed by atoms with Gasteiger partial charge in [-0.25, -0.2) is 13.2 Å². The summed E-state index contributed by atoms with van der Waals surface area (Å²) >= 11 is 0. The number of fused-ring (bicyclic) bond motifs is 1. The normalized spacial score (nSPS) is 16.9. The molecular formula is C19H13F5N2O3S. The average Bonchev–Trinajstić information content (AvgIpc) is 3.28. The van der Waals surface area contributed by atoms with Crippen LogP contribution < -0.4 is 9.50 Å². The van der Waals surface area contributed by atoms with Crippen LogP contribution in [0.15, 0.2) is 35.4 Å². The van der Waals surface area contributed by atoms with E-state index in [2.05, 4.69) is 14.5 Å². The maximum Gasteiger partial charge on any atom is 0.339 e. The van der Waals surface area contributed by atoms with Crippen LogP contribution in [0.4, 0.5) is 22.0 Å². The lowest BCUT2D eigenvalue weighted by Gasteiger charge is -2.14. The molecule has 5 nitrogen and oxygen atoms in total. The summed E-state index contributed by atoms with van der Waals surface area (Å²) in [5.41, 5.74) is 0.717. The molecule has 0 aliphatic carbocycles. The van der Waals surface area contributed by atoms with Gasteiger partial charge in [0.1, 0.15) is 4.90 Å². The van der Waals surface area contributed by atoms with Crippen LogP contribution in [0, 0.1) is 29.1 Å². The number of hydrogen-bond donors (Lipinski definition) is 1. The quantitative estimate of drug-likeness (QED) is 0.284. The number of rotatable bonds is 4. The maximum atomic E-state index is 13.8. The number of nitrogens with one attached hydrogen (secondary N) is 1. The van der Waals surface area contributed by atoms with Crippen molar-refractivity contribution >= 4 is 20.9 Å². The van der Waals surface area contributed by atoms with Crippen molar-refractivity contribution in [3.05, 3.63) is 65.2 Å². The minimum Gasteiger partial charge on any atom is -0.372 e. The minimum absolute atomic E-state index is 0.000708. The van der Waals surface area contributed by atoms with Crippen LogP contribution in [0.25, 0.3) is 10.8 Å². The topological polar surface area (TPSA) is 68.3 Å². The lowest BCUT2D eigenvalue weighted by atomic mass is 10.0. The van der Waals surface area contributed by atoms with Crippen molar-refractivity contribution in [2.75, 3.05) is 6.54 Å². The molecule has 1 saturated heterocycles. The Kier molecular flexibility index (Phi) is 5.10. The van der Waals surface area contributed by atoms with Crippen molar-refractivity contribution in [1.82, 2.24) is 10.3 Å². The summed E-state index contributed by atoms with van der Waals surface area (Å²) in [6.07, 6.45) is 3.31. The summed E-state index contributed by atoms with van der Waals surface area (Å²) in [5, 5.41) is 4.39. The zero-order valence-electron chi connectivity index (χ0n) is 15.1. The summed E-state index contributed by atoms with van der Waals surface area (Å²) in [6, 6.07) is 5.28. The first-order valence-electron chi connectivity index (χ1n) is 8.78. The highest BCUT2D eigenvalue weighted by Gasteiger charge is 2.31. The van der Waals surface area contributed by atoms with Gasteiger partial charge in [-0.3, -0.25) is 4.98 Å². The molecule has 1 fully saturated rings. The highest BCUT2D eigenvalue weighted by molar-refractivity contribution is 7.87. The number of nitrogens with zero attached hydrogens (tertiary/aromatic N) is 1. The van der Waals surface area contributed by atoms with Crippen LogP contribution in [0.2, 0.25) is 0 Å². The Hall–Kier alpha value is -2.79. The number of benzene rings is 2. The smallest absolute Gasteiger partial charge is 0.339 e. The summed E-state index contributed by atoms with van der Waals surface area (Å²) in [6.45, 7) is 0.824. The van der Waals surface area contributed by atoms with Gasteiger partial charge in [0.05, 0.1) is 11.7 Å². The van der Waals surface area contributed by atoms with Gasteiger partial charge in [-0.05, 0) is 43.0 Å². The summed E-state index contributed by atoms with van der Waals surface area (Å²) in [4.78, 5) is 3.82. The van der Waals surface area contributed by atoms with Gasteiger partial charge < -0.3 is 9.50 Å². The fourth-order valence-corrected chi connectivity index (χ4v) is 4.31. The molecule has 0 radical (unpaired) electrons. The van der Waals surface area contributed by atoms with Gasteiger partial charge in [-0.1, -0.05) is 6.07 Å². The van der Waals surface area contributed by atoms with E-state index >= 15 is 0 Å². The van der Waals surface area contributed by atoms with Crippen molar-refractivity contribution in [2.45, 2.75) is 23.8 Å². The summed E-state index contributed by atoms with van der Waals surface area (Å²) in [7, 11) is -4.90. The molecule has 1 aliphatic rings. The molecule has 158 valence electrons. The van der Waals surface area contributed by atoms with Gasteiger partial charge in [0.2, 0.25) is 34.8 Å². The molecule has 0 amide bonds. The summed E-state index contributed by atoms with van der Waals surface area (Å²) in [5.74, 6) is -13.7.